The molecule has 1 heterocycles. The van der Waals surface area contributed by atoms with Crippen molar-refractivity contribution in [2.45, 2.75) is 33.1 Å². The number of carbonyl (C=O) groups excluding carboxylic acids is 1. The molecule has 1 amide bonds. The van der Waals surface area contributed by atoms with Gasteiger partial charge in [0.2, 0.25) is 5.91 Å². The van der Waals surface area contributed by atoms with Crippen LogP contribution in [0.15, 0.2) is 0 Å². The molecular formula is C12H22N2O2S. The monoisotopic (exact) mass is 258 g/mol. The zero-order valence-electron chi connectivity index (χ0n) is 10.6. The Morgan fingerprint density at radius 1 is 1.53 bits per heavy atom. The Hall–Kier alpha value is -0.680. The largest absolute Gasteiger partial charge is 0.392 e. The maximum Gasteiger partial charge on any atom is 0.233 e. The van der Waals surface area contributed by atoms with E-state index < -0.39 is 5.41 Å². The summed E-state index contributed by atoms with van der Waals surface area (Å²) in [6, 6.07) is 0. The standard InChI is InChI=1S/C12H22N2O2S/c1-3-9(2)8-14-11(15)12(10(13)17)4-6-16-7-5-12/h9H,3-8H2,1-2H3,(H2,13,17)(H,14,15). The van der Waals surface area contributed by atoms with Gasteiger partial charge >= 0.3 is 0 Å². The lowest BCUT2D eigenvalue weighted by Gasteiger charge is -2.34. The predicted molar refractivity (Wildman–Crippen MR) is 71.7 cm³/mol. The van der Waals surface area contributed by atoms with E-state index in [1.165, 1.54) is 0 Å². The third kappa shape index (κ3) is 3.39. The van der Waals surface area contributed by atoms with Gasteiger partial charge in [0.15, 0.2) is 0 Å². The summed E-state index contributed by atoms with van der Waals surface area (Å²) in [5.74, 6) is 0.441. The van der Waals surface area contributed by atoms with Gasteiger partial charge in [-0.2, -0.15) is 0 Å². The number of rotatable bonds is 5. The molecule has 1 saturated heterocycles. The molecule has 98 valence electrons. The van der Waals surface area contributed by atoms with E-state index in [1.54, 1.807) is 0 Å². The third-order valence-corrected chi connectivity index (χ3v) is 3.95. The average molecular weight is 258 g/mol. The van der Waals surface area contributed by atoms with Crippen molar-refractivity contribution in [1.29, 1.82) is 0 Å². The lowest BCUT2D eigenvalue weighted by atomic mass is 9.79. The van der Waals surface area contributed by atoms with Crippen LogP contribution in [0.4, 0.5) is 0 Å². The summed E-state index contributed by atoms with van der Waals surface area (Å²) >= 11 is 5.07. The summed E-state index contributed by atoms with van der Waals surface area (Å²) in [5, 5.41) is 2.96. The van der Waals surface area contributed by atoms with Crippen molar-refractivity contribution >= 4 is 23.1 Å². The molecule has 1 aliphatic rings. The highest BCUT2D eigenvalue weighted by Gasteiger charge is 2.42. The Morgan fingerprint density at radius 3 is 2.59 bits per heavy atom. The fourth-order valence-electron chi connectivity index (χ4n) is 1.89. The molecule has 1 unspecified atom stereocenters. The summed E-state index contributed by atoms with van der Waals surface area (Å²) in [6.45, 7) is 6.00. The molecule has 5 heteroatoms. The number of hydrogen-bond acceptors (Lipinski definition) is 3. The van der Waals surface area contributed by atoms with Crippen LogP contribution >= 0.6 is 12.2 Å². The molecule has 0 aromatic carbocycles. The van der Waals surface area contributed by atoms with Crippen molar-refractivity contribution in [3.63, 3.8) is 0 Å². The van der Waals surface area contributed by atoms with E-state index in [2.05, 4.69) is 19.2 Å². The van der Waals surface area contributed by atoms with E-state index in [0.29, 0.717) is 43.5 Å². The number of hydrogen-bond donors (Lipinski definition) is 2. The van der Waals surface area contributed by atoms with Crippen LogP contribution in [0.3, 0.4) is 0 Å². The van der Waals surface area contributed by atoms with Crippen LogP contribution in [-0.2, 0) is 9.53 Å². The van der Waals surface area contributed by atoms with Crippen molar-refractivity contribution in [2.24, 2.45) is 17.1 Å². The first-order valence-corrected chi connectivity index (χ1v) is 6.59. The summed E-state index contributed by atoms with van der Waals surface area (Å²) in [4.78, 5) is 12.5. The number of thiocarbonyl (C=S) groups is 1. The SMILES string of the molecule is CCC(C)CNC(=O)C1(C(N)=S)CCOCC1. The van der Waals surface area contributed by atoms with Gasteiger partial charge in [-0.05, 0) is 18.8 Å². The number of carbonyl (C=O) groups is 1. The molecule has 0 aromatic heterocycles. The minimum Gasteiger partial charge on any atom is -0.392 e. The number of nitrogens with one attached hydrogen (secondary N) is 1. The maximum absolute atomic E-state index is 12.2. The summed E-state index contributed by atoms with van der Waals surface area (Å²) in [6.07, 6.45) is 2.23. The highest BCUT2D eigenvalue weighted by Crippen LogP contribution is 2.31. The van der Waals surface area contributed by atoms with Gasteiger partial charge in [0.05, 0.1) is 4.99 Å². The van der Waals surface area contributed by atoms with Crippen LogP contribution in [0.2, 0.25) is 0 Å². The molecule has 1 fully saturated rings. The lowest BCUT2D eigenvalue weighted by molar-refractivity contribution is -0.131. The van der Waals surface area contributed by atoms with Gasteiger partial charge in [-0.25, -0.2) is 0 Å². The van der Waals surface area contributed by atoms with Crippen LogP contribution in [0.25, 0.3) is 0 Å². The first-order valence-electron chi connectivity index (χ1n) is 6.19. The van der Waals surface area contributed by atoms with E-state index in [9.17, 15) is 4.79 Å². The second-order valence-electron chi connectivity index (χ2n) is 4.78. The molecule has 1 rings (SSSR count). The number of amides is 1. The van der Waals surface area contributed by atoms with Crippen LogP contribution in [0.5, 0.6) is 0 Å². The van der Waals surface area contributed by atoms with E-state index in [4.69, 9.17) is 22.7 Å². The minimum absolute atomic E-state index is 0.0337. The van der Waals surface area contributed by atoms with Gasteiger partial charge in [0, 0.05) is 19.8 Å². The van der Waals surface area contributed by atoms with E-state index >= 15 is 0 Å². The summed E-state index contributed by atoms with van der Waals surface area (Å²) in [7, 11) is 0. The van der Waals surface area contributed by atoms with E-state index in [0.717, 1.165) is 6.42 Å². The fourth-order valence-corrected chi connectivity index (χ4v) is 2.18. The first kappa shape index (κ1) is 14.4. The van der Waals surface area contributed by atoms with Crippen molar-refractivity contribution in [3.8, 4) is 0 Å². The Bertz CT molecular complexity index is 288. The molecule has 17 heavy (non-hydrogen) atoms. The highest BCUT2D eigenvalue weighted by molar-refractivity contribution is 7.80. The van der Waals surface area contributed by atoms with Crippen molar-refractivity contribution < 1.29 is 9.53 Å². The van der Waals surface area contributed by atoms with Gasteiger partial charge in [-0.15, -0.1) is 0 Å². The zero-order valence-corrected chi connectivity index (χ0v) is 11.4. The van der Waals surface area contributed by atoms with E-state index in [1.807, 2.05) is 0 Å². The van der Waals surface area contributed by atoms with Crippen LogP contribution < -0.4 is 11.1 Å². The first-order chi connectivity index (χ1) is 8.03. The normalized spacial score (nSPS) is 20.6. The quantitative estimate of drug-likeness (QED) is 0.728. The van der Waals surface area contributed by atoms with Crippen molar-refractivity contribution in [1.82, 2.24) is 5.32 Å². The molecule has 0 bridgehead atoms. The average Bonchev–Trinajstić information content (AvgIpc) is 2.35. The molecule has 1 atom stereocenters. The zero-order chi connectivity index (χ0) is 12.9. The van der Waals surface area contributed by atoms with Gasteiger partial charge in [-0.1, -0.05) is 32.5 Å². The Labute approximate surface area is 108 Å². The minimum atomic E-state index is -0.693. The second kappa shape index (κ2) is 6.31. The van der Waals surface area contributed by atoms with Gasteiger partial charge < -0.3 is 15.8 Å². The third-order valence-electron chi connectivity index (χ3n) is 3.56. The number of ether oxygens (including phenoxy) is 1. The second-order valence-corrected chi connectivity index (χ2v) is 5.22. The lowest BCUT2D eigenvalue weighted by Crippen LogP contribution is -2.52. The van der Waals surface area contributed by atoms with Gasteiger partial charge in [-0.3, -0.25) is 4.79 Å². The molecule has 1 aliphatic heterocycles. The molecule has 3 N–H and O–H groups in total. The maximum atomic E-state index is 12.2. The van der Waals surface area contributed by atoms with Crippen molar-refractivity contribution in [2.75, 3.05) is 19.8 Å². The highest BCUT2D eigenvalue weighted by atomic mass is 32.1. The fraction of sp³-hybridized carbons (Fsp3) is 0.833. The van der Waals surface area contributed by atoms with Gasteiger partial charge in [0.1, 0.15) is 5.41 Å². The summed E-state index contributed by atoms with van der Waals surface area (Å²) < 4.78 is 5.28. The van der Waals surface area contributed by atoms with Crippen LogP contribution in [0.1, 0.15) is 33.1 Å². The smallest absolute Gasteiger partial charge is 0.233 e. The molecule has 0 spiro atoms. The molecular weight excluding hydrogens is 236 g/mol. The molecule has 4 nitrogen and oxygen atoms in total. The Balaban J connectivity index is 2.64. The molecule has 0 saturated carbocycles. The van der Waals surface area contributed by atoms with E-state index in [-0.39, 0.29) is 5.91 Å². The summed E-state index contributed by atoms with van der Waals surface area (Å²) in [5.41, 5.74) is 5.06. The van der Waals surface area contributed by atoms with Crippen molar-refractivity contribution in [3.05, 3.63) is 0 Å². The van der Waals surface area contributed by atoms with Crippen LogP contribution in [-0.4, -0.2) is 30.7 Å². The molecule has 0 aliphatic carbocycles. The topological polar surface area (TPSA) is 64.4 Å². The van der Waals surface area contributed by atoms with Crippen LogP contribution in [0, 0.1) is 11.3 Å². The molecule has 0 aromatic rings. The predicted octanol–water partition coefficient (Wildman–Crippen LogP) is 1.23. The van der Waals surface area contributed by atoms with Gasteiger partial charge in [0.25, 0.3) is 0 Å². The molecule has 0 radical (unpaired) electrons. The Morgan fingerprint density at radius 2 is 2.12 bits per heavy atom. The number of nitrogens with two attached hydrogens (primary N) is 1. The Kier molecular flexibility index (Phi) is 5.33.